The van der Waals surface area contributed by atoms with Crippen molar-refractivity contribution >= 4 is 56.0 Å². The van der Waals surface area contributed by atoms with Crippen LogP contribution in [0.1, 0.15) is 21.5 Å². The number of carbonyl (C=O) groups excluding carboxylic acids is 2. The van der Waals surface area contributed by atoms with Crippen molar-refractivity contribution in [1.29, 1.82) is 0 Å². The minimum absolute atomic E-state index is 0.173. The van der Waals surface area contributed by atoms with Gasteiger partial charge in [0.25, 0.3) is 5.91 Å². The monoisotopic (exact) mass is 472 g/mol. The maximum atomic E-state index is 12.4. The summed E-state index contributed by atoms with van der Waals surface area (Å²) in [7, 11) is 0. The third kappa shape index (κ3) is 4.92. The number of amides is 2. The van der Waals surface area contributed by atoms with Crippen LogP contribution in [0.4, 0.5) is 0 Å². The lowest BCUT2D eigenvalue weighted by Gasteiger charge is -2.08. The zero-order valence-electron chi connectivity index (χ0n) is 17.5. The molecule has 0 bridgehead atoms. The van der Waals surface area contributed by atoms with Gasteiger partial charge < -0.3 is 4.98 Å². The maximum Gasteiger partial charge on any atom is 0.269 e. The van der Waals surface area contributed by atoms with Crippen molar-refractivity contribution in [2.75, 3.05) is 0 Å². The van der Waals surface area contributed by atoms with Gasteiger partial charge in [-0.2, -0.15) is 0 Å². The van der Waals surface area contributed by atoms with Crippen molar-refractivity contribution in [2.45, 2.75) is 16.5 Å². The first-order valence-electron chi connectivity index (χ1n) is 10.4. The second-order valence-corrected chi connectivity index (χ2v) is 9.72. The summed E-state index contributed by atoms with van der Waals surface area (Å²) in [6, 6.07) is 23.2. The van der Waals surface area contributed by atoms with Gasteiger partial charge in [0.15, 0.2) is 4.34 Å². The van der Waals surface area contributed by atoms with Gasteiger partial charge in [-0.3, -0.25) is 20.4 Å². The zero-order valence-corrected chi connectivity index (χ0v) is 19.1. The molecule has 0 saturated carbocycles. The molecule has 3 N–H and O–H groups in total. The predicted octanol–water partition coefficient (Wildman–Crippen LogP) is 5.07. The Balaban J connectivity index is 1.13. The molecule has 0 unspecified atom stereocenters. The van der Waals surface area contributed by atoms with Crippen molar-refractivity contribution in [3.05, 3.63) is 95.7 Å². The highest BCUT2D eigenvalue weighted by Crippen LogP contribution is 2.31. The maximum absolute atomic E-state index is 12.4. The summed E-state index contributed by atoms with van der Waals surface area (Å²) in [5.74, 6) is 0.132. The summed E-state index contributed by atoms with van der Waals surface area (Å²) >= 11 is 3.36. The molecule has 0 radical (unpaired) electrons. The minimum atomic E-state index is -0.354. The number of thiazole rings is 1. The normalized spacial score (nSPS) is 11.0. The second-order valence-electron chi connectivity index (χ2n) is 7.47. The average Bonchev–Trinajstić information content (AvgIpc) is 3.45. The molecule has 5 rings (SSSR count). The van der Waals surface area contributed by atoms with Gasteiger partial charge in [0.2, 0.25) is 5.91 Å². The Morgan fingerprint density at radius 3 is 2.58 bits per heavy atom. The number of aromatic nitrogens is 2. The number of H-pyrrole nitrogens is 1. The third-order valence-corrected chi connectivity index (χ3v) is 7.44. The number of hydrogen-bond acceptors (Lipinski definition) is 5. The molecule has 6 nitrogen and oxygen atoms in total. The molecule has 0 aliphatic heterocycles. The van der Waals surface area contributed by atoms with Crippen LogP contribution in [0.2, 0.25) is 0 Å². The summed E-state index contributed by atoms with van der Waals surface area (Å²) in [5, 5.41) is 0.998. The number of fused-ring (bicyclic) bond motifs is 2. The molecule has 0 fully saturated rings. The average molecular weight is 473 g/mol. The van der Waals surface area contributed by atoms with Gasteiger partial charge in [0.1, 0.15) is 0 Å². The summed E-state index contributed by atoms with van der Waals surface area (Å²) in [5.41, 5.74) is 9.44. The van der Waals surface area contributed by atoms with Crippen molar-refractivity contribution in [1.82, 2.24) is 20.8 Å². The minimum Gasteiger partial charge on any atom is -0.361 e. The van der Waals surface area contributed by atoms with Crippen LogP contribution >= 0.6 is 23.1 Å². The van der Waals surface area contributed by atoms with Crippen LogP contribution in [0.3, 0.4) is 0 Å². The summed E-state index contributed by atoms with van der Waals surface area (Å²) in [6.45, 7) is 0. The standard InChI is InChI=1S/C25H20N4O2S2/c30-23(13-18-14-26-20-6-2-1-5-19(18)20)28-29-24(31)17-11-9-16(10-12-17)15-32-25-27-21-7-3-4-8-22(21)33-25/h1-12,14,26H,13,15H2,(H,28,30)(H,29,31). The summed E-state index contributed by atoms with van der Waals surface area (Å²) < 4.78 is 2.20. The van der Waals surface area contributed by atoms with E-state index in [4.69, 9.17) is 0 Å². The van der Waals surface area contributed by atoms with E-state index < -0.39 is 0 Å². The van der Waals surface area contributed by atoms with Crippen LogP contribution in [0.5, 0.6) is 0 Å². The molecule has 5 aromatic rings. The lowest BCUT2D eigenvalue weighted by molar-refractivity contribution is -0.121. The Morgan fingerprint density at radius 2 is 1.73 bits per heavy atom. The van der Waals surface area contributed by atoms with Crippen LogP contribution in [-0.2, 0) is 17.0 Å². The van der Waals surface area contributed by atoms with E-state index in [2.05, 4.69) is 26.9 Å². The first-order valence-corrected chi connectivity index (χ1v) is 12.2. The number of rotatable bonds is 6. The number of nitrogens with one attached hydrogen (secondary N) is 3. The highest BCUT2D eigenvalue weighted by Gasteiger charge is 2.11. The van der Waals surface area contributed by atoms with Gasteiger partial charge in [0.05, 0.1) is 16.6 Å². The highest BCUT2D eigenvalue weighted by molar-refractivity contribution is 8.00. The molecule has 164 valence electrons. The molecule has 0 aliphatic rings. The molecule has 8 heteroatoms. The molecule has 0 aliphatic carbocycles. The van der Waals surface area contributed by atoms with E-state index in [-0.39, 0.29) is 18.2 Å². The Hall–Kier alpha value is -3.62. The van der Waals surface area contributed by atoms with Crippen LogP contribution in [0.15, 0.2) is 83.3 Å². The van der Waals surface area contributed by atoms with E-state index in [1.165, 1.54) is 4.70 Å². The lowest BCUT2D eigenvalue weighted by atomic mass is 10.1. The van der Waals surface area contributed by atoms with Crippen molar-refractivity contribution in [2.24, 2.45) is 0 Å². The SMILES string of the molecule is O=C(Cc1c[nH]c2ccccc12)NNC(=O)c1ccc(CSc2nc3ccccc3s2)cc1. The van der Waals surface area contributed by atoms with Crippen LogP contribution in [0, 0.1) is 0 Å². The highest BCUT2D eigenvalue weighted by atomic mass is 32.2. The quantitative estimate of drug-likeness (QED) is 0.238. The Morgan fingerprint density at radius 1 is 0.939 bits per heavy atom. The first-order chi connectivity index (χ1) is 16.2. The van der Waals surface area contributed by atoms with E-state index >= 15 is 0 Å². The van der Waals surface area contributed by atoms with Crippen LogP contribution in [-0.4, -0.2) is 21.8 Å². The van der Waals surface area contributed by atoms with E-state index in [0.29, 0.717) is 5.56 Å². The largest absolute Gasteiger partial charge is 0.361 e. The molecule has 33 heavy (non-hydrogen) atoms. The molecule has 2 amide bonds. The number of hydrogen-bond donors (Lipinski definition) is 3. The van der Waals surface area contributed by atoms with Crippen LogP contribution in [0.25, 0.3) is 21.1 Å². The molecule has 3 aromatic carbocycles. The van der Waals surface area contributed by atoms with Crippen molar-refractivity contribution in [3.8, 4) is 0 Å². The topological polar surface area (TPSA) is 86.9 Å². The number of hydrazine groups is 1. The first kappa shape index (κ1) is 21.2. The summed E-state index contributed by atoms with van der Waals surface area (Å²) in [6.07, 6.45) is 1.99. The Bertz CT molecular complexity index is 1410. The molecule has 2 heterocycles. The molecule has 2 aromatic heterocycles. The number of aromatic amines is 1. The molecule has 0 saturated heterocycles. The molecule has 0 atom stereocenters. The fourth-order valence-electron chi connectivity index (χ4n) is 3.50. The summed E-state index contributed by atoms with van der Waals surface area (Å²) in [4.78, 5) is 32.5. The molecular weight excluding hydrogens is 452 g/mol. The molecule has 0 spiro atoms. The van der Waals surface area contributed by atoms with Gasteiger partial charge in [-0.15, -0.1) is 11.3 Å². The van der Waals surface area contributed by atoms with E-state index in [1.54, 1.807) is 35.2 Å². The number of benzene rings is 3. The van der Waals surface area contributed by atoms with Gasteiger partial charge in [0, 0.05) is 28.4 Å². The number of para-hydroxylation sites is 2. The van der Waals surface area contributed by atoms with Gasteiger partial charge in [-0.05, 0) is 41.5 Å². The van der Waals surface area contributed by atoms with E-state index in [9.17, 15) is 9.59 Å². The smallest absolute Gasteiger partial charge is 0.269 e. The van der Waals surface area contributed by atoms with Crippen molar-refractivity contribution in [3.63, 3.8) is 0 Å². The Kier molecular flexibility index (Phi) is 6.10. The van der Waals surface area contributed by atoms with Gasteiger partial charge in [-0.25, -0.2) is 4.98 Å². The van der Waals surface area contributed by atoms with Gasteiger partial charge in [-0.1, -0.05) is 54.2 Å². The van der Waals surface area contributed by atoms with E-state index in [0.717, 1.165) is 37.6 Å². The van der Waals surface area contributed by atoms with Gasteiger partial charge >= 0.3 is 0 Å². The lowest BCUT2D eigenvalue weighted by Crippen LogP contribution is -2.42. The fourth-order valence-corrected chi connectivity index (χ4v) is 5.53. The third-order valence-electron chi connectivity index (χ3n) is 5.19. The predicted molar refractivity (Wildman–Crippen MR) is 133 cm³/mol. The number of thioether (sulfide) groups is 1. The Labute approximate surface area is 198 Å². The number of carbonyl (C=O) groups is 2. The van der Waals surface area contributed by atoms with Crippen LogP contribution < -0.4 is 10.9 Å². The van der Waals surface area contributed by atoms with E-state index in [1.807, 2.05) is 60.8 Å². The zero-order chi connectivity index (χ0) is 22.6. The number of nitrogens with zero attached hydrogens (tertiary/aromatic N) is 1. The second kappa shape index (κ2) is 9.48. The molecular formula is C25H20N4O2S2. The van der Waals surface area contributed by atoms with Crippen molar-refractivity contribution < 1.29 is 9.59 Å². The fraction of sp³-hybridized carbons (Fsp3) is 0.0800.